The lowest BCUT2D eigenvalue weighted by Crippen LogP contribution is -2.48. The molecule has 1 N–H and O–H groups in total. The van der Waals surface area contributed by atoms with Crippen molar-refractivity contribution in [2.75, 3.05) is 25.5 Å². The molecule has 1 amide bonds. The molecule has 1 aliphatic rings. The van der Waals surface area contributed by atoms with Crippen LogP contribution in [0.1, 0.15) is 23.5 Å². The van der Waals surface area contributed by atoms with Gasteiger partial charge in [-0.05, 0) is 32.0 Å². The number of methoxy groups -OCH3 is 1. The van der Waals surface area contributed by atoms with Crippen molar-refractivity contribution in [2.24, 2.45) is 0 Å². The van der Waals surface area contributed by atoms with Crippen molar-refractivity contribution >= 4 is 48.9 Å². The van der Waals surface area contributed by atoms with Crippen LogP contribution >= 0.6 is 22.7 Å². The Morgan fingerprint density at radius 2 is 2.00 bits per heavy atom. The van der Waals surface area contributed by atoms with Crippen molar-refractivity contribution in [2.45, 2.75) is 26.1 Å². The number of hydrogen-bond acceptors (Lipinski definition) is 7. The summed E-state index contributed by atoms with van der Waals surface area (Å²) >= 11 is 2.97. The molecule has 1 fully saturated rings. The molecule has 0 aliphatic carbocycles. The molecule has 0 bridgehead atoms. The van der Waals surface area contributed by atoms with E-state index >= 15 is 0 Å². The van der Waals surface area contributed by atoms with Gasteiger partial charge in [-0.1, -0.05) is 23.5 Å². The molecule has 0 spiro atoms. The minimum Gasteiger partial charge on any atom is -0.495 e. The Bertz CT molecular complexity index is 927. The summed E-state index contributed by atoms with van der Waals surface area (Å²) < 4.78 is 12.1. The molecule has 8 heteroatoms. The molecule has 3 heterocycles. The molecule has 2 unspecified atom stereocenters. The number of benzene rings is 1. The van der Waals surface area contributed by atoms with Gasteiger partial charge in [-0.25, -0.2) is 4.98 Å². The number of carbonyl (C=O) groups excluding carboxylic acids is 1. The molecule has 3 aromatic rings. The van der Waals surface area contributed by atoms with E-state index in [0.29, 0.717) is 13.1 Å². The van der Waals surface area contributed by atoms with Crippen molar-refractivity contribution in [3.8, 4) is 5.75 Å². The van der Waals surface area contributed by atoms with E-state index in [1.807, 2.05) is 49.1 Å². The molecular weight excluding hydrogens is 382 g/mol. The number of nitrogens with one attached hydrogen (secondary N) is 1. The molecule has 1 aromatic carbocycles. The largest absolute Gasteiger partial charge is 0.495 e. The van der Waals surface area contributed by atoms with Gasteiger partial charge in [0.05, 0.1) is 34.6 Å². The number of thiophene rings is 1. The number of morpholine rings is 1. The topological polar surface area (TPSA) is 63.7 Å². The first-order valence-electron chi connectivity index (χ1n) is 8.78. The van der Waals surface area contributed by atoms with Gasteiger partial charge in [0, 0.05) is 13.1 Å². The number of thiazole rings is 1. The van der Waals surface area contributed by atoms with Crippen molar-refractivity contribution < 1.29 is 14.3 Å². The lowest BCUT2D eigenvalue weighted by atomic mass is 10.2. The maximum atomic E-state index is 12.8. The Hall–Kier alpha value is -2.16. The van der Waals surface area contributed by atoms with Crippen LogP contribution in [0.25, 0.3) is 9.53 Å². The SMILES string of the molecule is COc1ccccc1Nc1nc2sc(C(=O)N3CC(C)OC(C)C3)cc2s1. The summed E-state index contributed by atoms with van der Waals surface area (Å²) in [7, 11) is 1.65. The Balaban J connectivity index is 1.53. The van der Waals surface area contributed by atoms with Crippen LogP contribution in [0.4, 0.5) is 10.8 Å². The molecule has 1 saturated heterocycles. The second kappa shape index (κ2) is 7.46. The zero-order valence-electron chi connectivity index (χ0n) is 15.4. The van der Waals surface area contributed by atoms with Gasteiger partial charge in [0.1, 0.15) is 10.6 Å². The first kappa shape index (κ1) is 18.2. The Morgan fingerprint density at radius 3 is 2.70 bits per heavy atom. The molecule has 142 valence electrons. The monoisotopic (exact) mass is 403 g/mol. The number of rotatable bonds is 4. The number of anilines is 2. The van der Waals surface area contributed by atoms with Gasteiger partial charge in [0.25, 0.3) is 5.91 Å². The van der Waals surface area contributed by atoms with E-state index in [9.17, 15) is 4.79 Å². The van der Waals surface area contributed by atoms with Gasteiger partial charge < -0.3 is 19.7 Å². The first-order valence-corrected chi connectivity index (χ1v) is 10.4. The highest BCUT2D eigenvalue weighted by Gasteiger charge is 2.28. The Labute approximate surface area is 165 Å². The summed E-state index contributed by atoms with van der Waals surface area (Å²) in [5.41, 5.74) is 0.869. The van der Waals surface area contributed by atoms with Gasteiger partial charge in [0.15, 0.2) is 5.13 Å². The van der Waals surface area contributed by atoms with Crippen LogP contribution < -0.4 is 10.1 Å². The summed E-state index contributed by atoms with van der Waals surface area (Å²) in [4.78, 5) is 21.0. The predicted molar refractivity (Wildman–Crippen MR) is 110 cm³/mol. The van der Waals surface area contributed by atoms with Gasteiger partial charge in [-0.2, -0.15) is 0 Å². The summed E-state index contributed by atoms with van der Waals surface area (Å²) in [5, 5.41) is 4.09. The molecule has 0 radical (unpaired) electrons. The van der Waals surface area contributed by atoms with E-state index in [1.54, 1.807) is 7.11 Å². The van der Waals surface area contributed by atoms with Crippen LogP contribution in [0, 0.1) is 0 Å². The molecule has 0 saturated carbocycles. The van der Waals surface area contributed by atoms with Gasteiger partial charge >= 0.3 is 0 Å². The summed E-state index contributed by atoms with van der Waals surface area (Å²) in [6.45, 7) is 5.26. The highest BCUT2D eigenvalue weighted by atomic mass is 32.1. The maximum Gasteiger partial charge on any atom is 0.264 e. The summed E-state index contributed by atoms with van der Waals surface area (Å²) in [6, 6.07) is 9.67. The molecule has 1 aliphatic heterocycles. The first-order chi connectivity index (χ1) is 13.0. The summed E-state index contributed by atoms with van der Waals surface area (Å²) in [6.07, 6.45) is 0.127. The quantitative estimate of drug-likeness (QED) is 0.701. The van der Waals surface area contributed by atoms with Crippen LogP contribution in [0.5, 0.6) is 5.75 Å². The average molecular weight is 404 g/mol. The van der Waals surface area contributed by atoms with Crippen molar-refractivity contribution in [1.29, 1.82) is 0 Å². The van der Waals surface area contributed by atoms with Gasteiger partial charge in [0.2, 0.25) is 0 Å². The number of para-hydroxylation sites is 2. The number of ether oxygens (including phenoxy) is 2. The fourth-order valence-electron chi connectivity index (χ4n) is 3.26. The predicted octanol–water partition coefficient (Wildman–Crippen LogP) is 4.36. The van der Waals surface area contributed by atoms with Crippen molar-refractivity contribution in [3.63, 3.8) is 0 Å². The fourth-order valence-corrected chi connectivity index (χ4v) is 5.35. The third-order valence-corrected chi connectivity index (χ3v) is 6.42. The molecule has 2 aromatic heterocycles. The van der Waals surface area contributed by atoms with E-state index in [1.165, 1.54) is 22.7 Å². The number of nitrogens with zero attached hydrogens (tertiary/aromatic N) is 2. The lowest BCUT2D eigenvalue weighted by molar-refractivity contribution is -0.0585. The second-order valence-electron chi connectivity index (χ2n) is 6.59. The highest BCUT2D eigenvalue weighted by molar-refractivity contribution is 7.29. The van der Waals surface area contributed by atoms with Crippen molar-refractivity contribution in [3.05, 3.63) is 35.2 Å². The van der Waals surface area contributed by atoms with E-state index in [0.717, 1.165) is 31.0 Å². The van der Waals surface area contributed by atoms with Gasteiger partial charge in [-0.3, -0.25) is 4.79 Å². The molecule has 4 rings (SSSR count). The fraction of sp³-hybridized carbons (Fsp3) is 0.368. The smallest absolute Gasteiger partial charge is 0.264 e. The van der Waals surface area contributed by atoms with E-state index < -0.39 is 0 Å². The lowest BCUT2D eigenvalue weighted by Gasteiger charge is -2.35. The average Bonchev–Trinajstić information content (AvgIpc) is 3.19. The standard InChI is InChI=1S/C19H21N3O3S2/c1-11-9-22(10-12(2)25-11)18(23)16-8-15-17(26-16)21-19(27-15)20-13-6-4-5-7-14(13)24-3/h4-8,11-12H,9-10H2,1-3H3,(H,20,21). The van der Waals surface area contributed by atoms with Crippen molar-refractivity contribution in [1.82, 2.24) is 9.88 Å². The molecule has 2 atom stereocenters. The number of carbonyl (C=O) groups is 1. The van der Waals surface area contributed by atoms with Gasteiger partial charge in [-0.15, -0.1) is 11.3 Å². The highest BCUT2D eigenvalue weighted by Crippen LogP contribution is 2.36. The van der Waals surface area contributed by atoms with E-state index in [2.05, 4.69) is 10.3 Å². The number of aromatic nitrogens is 1. The molecule has 6 nitrogen and oxygen atoms in total. The van der Waals surface area contributed by atoms with Crippen LogP contribution in [-0.2, 0) is 4.74 Å². The van der Waals surface area contributed by atoms with Crippen LogP contribution in [-0.4, -0.2) is 48.2 Å². The number of fused-ring (bicyclic) bond motifs is 1. The zero-order valence-corrected chi connectivity index (χ0v) is 17.0. The maximum absolute atomic E-state index is 12.8. The van der Waals surface area contributed by atoms with E-state index in [4.69, 9.17) is 9.47 Å². The number of amides is 1. The third-order valence-electron chi connectivity index (χ3n) is 4.36. The minimum absolute atomic E-state index is 0.0615. The second-order valence-corrected chi connectivity index (χ2v) is 8.65. The van der Waals surface area contributed by atoms with Crippen LogP contribution in [0.15, 0.2) is 30.3 Å². The van der Waals surface area contributed by atoms with Crippen LogP contribution in [0.3, 0.4) is 0 Å². The number of hydrogen-bond donors (Lipinski definition) is 1. The molecular formula is C19H21N3O3S2. The Morgan fingerprint density at radius 1 is 1.26 bits per heavy atom. The Kier molecular flexibility index (Phi) is 5.03. The summed E-state index contributed by atoms with van der Waals surface area (Å²) in [5.74, 6) is 0.828. The van der Waals surface area contributed by atoms with E-state index in [-0.39, 0.29) is 18.1 Å². The minimum atomic E-state index is 0.0615. The third kappa shape index (κ3) is 3.78. The zero-order chi connectivity index (χ0) is 19.0. The normalized spacial score (nSPS) is 20.0. The molecule has 27 heavy (non-hydrogen) atoms. The van der Waals surface area contributed by atoms with Crippen LogP contribution in [0.2, 0.25) is 0 Å².